The Bertz CT molecular complexity index is 624. The van der Waals surface area contributed by atoms with Crippen molar-refractivity contribution in [1.29, 1.82) is 0 Å². The first kappa shape index (κ1) is 12.0. The van der Waals surface area contributed by atoms with Crippen molar-refractivity contribution in [3.63, 3.8) is 0 Å². The zero-order valence-electron chi connectivity index (χ0n) is 10.4. The van der Waals surface area contributed by atoms with Crippen LogP contribution in [0.1, 0.15) is 10.7 Å². The van der Waals surface area contributed by atoms with Crippen LogP contribution in [-0.4, -0.2) is 17.5 Å². The van der Waals surface area contributed by atoms with Crippen molar-refractivity contribution in [2.24, 2.45) is 0 Å². The van der Waals surface area contributed by atoms with Gasteiger partial charge in [-0.2, -0.15) is 0 Å². The fourth-order valence-electron chi connectivity index (χ4n) is 1.85. The molecule has 6 heteroatoms. The zero-order valence-corrected chi connectivity index (χ0v) is 11.2. The van der Waals surface area contributed by atoms with Crippen LogP contribution in [0.3, 0.4) is 0 Å². The Balaban J connectivity index is 1.71. The Morgan fingerprint density at radius 3 is 3.21 bits per heavy atom. The average molecular weight is 275 g/mol. The highest BCUT2D eigenvalue weighted by molar-refractivity contribution is 7.09. The van der Waals surface area contributed by atoms with Gasteiger partial charge in [0.1, 0.15) is 10.8 Å². The number of aryl methyl sites for hydroxylation is 1. The fourth-order valence-corrected chi connectivity index (χ4v) is 2.57. The lowest BCUT2D eigenvalue weighted by molar-refractivity contribution is -0.118. The molecule has 1 aliphatic rings. The Hall–Kier alpha value is -2.08. The van der Waals surface area contributed by atoms with Gasteiger partial charge < -0.3 is 15.4 Å². The van der Waals surface area contributed by atoms with Crippen LogP contribution in [-0.2, 0) is 11.3 Å². The van der Waals surface area contributed by atoms with Gasteiger partial charge in [-0.15, -0.1) is 11.3 Å². The number of carbonyl (C=O) groups excluding carboxylic acids is 1. The average Bonchev–Trinajstić information content (AvgIpc) is 2.81. The van der Waals surface area contributed by atoms with E-state index in [0.29, 0.717) is 18.0 Å². The minimum absolute atomic E-state index is 0.0815. The van der Waals surface area contributed by atoms with Gasteiger partial charge in [0.15, 0.2) is 6.61 Å². The lowest BCUT2D eigenvalue weighted by Crippen LogP contribution is -2.25. The van der Waals surface area contributed by atoms with Crippen molar-refractivity contribution >= 4 is 28.6 Å². The molecular weight excluding hydrogens is 262 g/mol. The third kappa shape index (κ3) is 2.68. The van der Waals surface area contributed by atoms with Gasteiger partial charge in [-0.1, -0.05) is 0 Å². The molecule has 0 radical (unpaired) electrons. The van der Waals surface area contributed by atoms with E-state index in [1.165, 1.54) is 0 Å². The third-order valence-corrected chi connectivity index (χ3v) is 3.69. The van der Waals surface area contributed by atoms with Gasteiger partial charge in [-0.05, 0) is 25.1 Å². The first-order valence-corrected chi connectivity index (χ1v) is 6.80. The molecule has 0 bridgehead atoms. The first-order chi connectivity index (χ1) is 9.20. The molecule has 0 fully saturated rings. The van der Waals surface area contributed by atoms with E-state index < -0.39 is 0 Å². The molecule has 19 heavy (non-hydrogen) atoms. The number of rotatable bonds is 3. The number of amides is 1. The first-order valence-electron chi connectivity index (χ1n) is 5.92. The molecule has 0 unspecified atom stereocenters. The Morgan fingerprint density at radius 2 is 2.42 bits per heavy atom. The van der Waals surface area contributed by atoms with Crippen LogP contribution in [0.4, 0.5) is 11.4 Å². The Kier molecular flexibility index (Phi) is 3.08. The standard InChI is InChI=1S/C13H13N3O2S/c1-8-7-19-13(15-8)5-14-9-2-3-11-10(4-9)16-12(17)6-18-11/h2-4,7,14H,5-6H2,1H3,(H,16,17). The number of thiazole rings is 1. The van der Waals surface area contributed by atoms with E-state index in [9.17, 15) is 4.79 Å². The van der Waals surface area contributed by atoms with Crippen molar-refractivity contribution < 1.29 is 9.53 Å². The molecule has 1 amide bonds. The maximum atomic E-state index is 11.3. The number of nitrogens with one attached hydrogen (secondary N) is 2. The second kappa shape index (κ2) is 4.89. The van der Waals surface area contributed by atoms with Crippen LogP contribution >= 0.6 is 11.3 Å². The predicted octanol–water partition coefficient (Wildman–Crippen LogP) is 2.39. The summed E-state index contributed by atoms with van der Waals surface area (Å²) in [5, 5.41) is 9.13. The number of hydrogen-bond donors (Lipinski definition) is 2. The van der Waals surface area contributed by atoms with E-state index in [-0.39, 0.29) is 12.5 Å². The maximum Gasteiger partial charge on any atom is 0.262 e. The molecule has 2 aromatic rings. The third-order valence-electron chi connectivity index (χ3n) is 2.72. The lowest BCUT2D eigenvalue weighted by atomic mass is 10.2. The van der Waals surface area contributed by atoms with Crippen molar-refractivity contribution in [2.75, 3.05) is 17.2 Å². The van der Waals surface area contributed by atoms with Gasteiger partial charge in [0.2, 0.25) is 0 Å². The molecular formula is C13H13N3O2S. The number of ether oxygens (including phenoxy) is 1. The molecule has 0 aliphatic carbocycles. The van der Waals surface area contributed by atoms with Crippen LogP contribution in [0.5, 0.6) is 5.75 Å². The monoisotopic (exact) mass is 275 g/mol. The highest BCUT2D eigenvalue weighted by Crippen LogP contribution is 2.30. The number of anilines is 2. The van der Waals surface area contributed by atoms with Crippen molar-refractivity contribution in [1.82, 2.24) is 4.98 Å². The molecule has 1 aromatic carbocycles. The smallest absolute Gasteiger partial charge is 0.262 e. The molecule has 0 atom stereocenters. The molecule has 3 rings (SSSR count). The molecule has 0 saturated carbocycles. The van der Waals surface area contributed by atoms with Crippen LogP contribution in [0.25, 0.3) is 0 Å². The van der Waals surface area contributed by atoms with E-state index in [1.54, 1.807) is 11.3 Å². The largest absolute Gasteiger partial charge is 0.482 e. The zero-order chi connectivity index (χ0) is 13.2. The van der Waals surface area contributed by atoms with Crippen molar-refractivity contribution in [3.05, 3.63) is 34.3 Å². The van der Waals surface area contributed by atoms with E-state index in [4.69, 9.17) is 4.74 Å². The Labute approximate surface area is 114 Å². The van der Waals surface area contributed by atoms with Gasteiger partial charge >= 0.3 is 0 Å². The van der Waals surface area contributed by atoms with Crippen LogP contribution in [0.15, 0.2) is 23.6 Å². The molecule has 2 N–H and O–H groups in total. The second-order valence-corrected chi connectivity index (χ2v) is 5.23. The summed E-state index contributed by atoms with van der Waals surface area (Å²) >= 11 is 1.63. The topological polar surface area (TPSA) is 63.2 Å². The van der Waals surface area contributed by atoms with E-state index in [2.05, 4.69) is 15.6 Å². The molecule has 2 heterocycles. The summed E-state index contributed by atoms with van der Waals surface area (Å²) in [6, 6.07) is 5.65. The SMILES string of the molecule is Cc1csc(CNc2ccc3c(c2)NC(=O)CO3)n1. The summed E-state index contributed by atoms with van der Waals surface area (Å²) in [7, 11) is 0. The maximum absolute atomic E-state index is 11.3. The van der Waals surface area contributed by atoms with E-state index >= 15 is 0 Å². The van der Waals surface area contributed by atoms with E-state index in [1.807, 2.05) is 30.5 Å². The fraction of sp³-hybridized carbons (Fsp3) is 0.231. The highest BCUT2D eigenvalue weighted by atomic mass is 32.1. The minimum atomic E-state index is -0.125. The number of nitrogens with zero attached hydrogens (tertiary/aromatic N) is 1. The lowest BCUT2D eigenvalue weighted by Gasteiger charge is -2.18. The molecule has 0 saturated heterocycles. The van der Waals surface area contributed by atoms with Crippen LogP contribution in [0.2, 0.25) is 0 Å². The molecule has 1 aromatic heterocycles. The number of fused-ring (bicyclic) bond motifs is 1. The summed E-state index contributed by atoms with van der Waals surface area (Å²) in [6.45, 7) is 2.73. The number of aromatic nitrogens is 1. The summed E-state index contributed by atoms with van der Waals surface area (Å²) in [5.74, 6) is 0.579. The summed E-state index contributed by atoms with van der Waals surface area (Å²) in [6.07, 6.45) is 0. The van der Waals surface area contributed by atoms with Gasteiger partial charge in [0.05, 0.1) is 12.2 Å². The summed E-state index contributed by atoms with van der Waals surface area (Å²) < 4.78 is 5.31. The van der Waals surface area contributed by atoms with Crippen LogP contribution in [0, 0.1) is 6.92 Å². The summed E-state index contributed by atoms with van der Waals surface area (Å²) in [4.78, 5) is 15.6. The van der Waals surface area contributed by atoms with E-state index in [0.717, 1.165) is 16.4 Å². The normalized spacial score (nSPS) is 13.4. The van der Waals surface area contributed by atoms with Gasteiger partial charge in [0.25, 0.3) is 5.91 Å². The minimum Gasteiger partial charge on any atom is -0.482 e. The molecule has 1 aliphatic heterocycles. The molecule has 5 nitrogen and oxygen atoms in total. The quantitative estimate of drug-likeness (QED) is 0.903. The molecule has 0 spiro atoms. The Morgan fingerprint density at radius 1 is 1.53 bits per heavy atom. The second-order valence-electron chi connectivity index (χ2n) is 4.28. The predicted molar refractivity (Wildman–Crippen MR) is 74.7 cm³/mol. The summed E-state index contributed by atoms with van der Waals surface area (Å²) in [5.41, 5.74) is 2.67. The van der Waals surface area contributed by atoms with Gasteiger partial charge in [0, 0.05) is 16.8 Å². The number of carbonyl (C=O) groups is 1. The van der Waals surface area contributed by atoms with Gasteiger partial charge in [-0.25, -0.2) is 4.98 Å². The molecule has 98 valence electrons. The van der Waals surface area contributed by atoms with Gasteiger partial charge in [-0.3, -0.25) is 4.79 Å². The number of hydrogen-bond acceptors (Lipinski definition) is 5. The highest BCUT2D eigenvalue weighted by Gasteiger charge is 2.15. The number of benzene rings is 1. The van der Waals surface area contributed by atoms with Crippen molar-refractivity contribution in [2.45, 2.75) is 13.5 Å². The van der Waals surface area contributed by atoms with Crippen LogP contribution < -0.4 is 15.4 Å². The van der Waals surface area contributed by atoms with Crippen molar-refractivity contribution in [3.8, 4) is 5.75 Å².